The third kappa shape index (κ3) is 3.34. The second kappa shape index (κ2) is 6.81. The Balaban J connectivity index is 1.68. The van der Waals surface area contributed by atoms with Crippen LogP contribution in [0.4, 0.5) is 0 Å². The normalized spacial score (nSPS) is 17.4. The lowest BCUT2D eigenvalue weighted by atomic mass is 9.97. The lowest BCUT2D eigenvalue weighted by molar-refractivity contribution is -0.133. The molecule has 1 aliphatic rings. The van der Waals surface area contributed by atoms with E-state index in [0.29, 0.717) is 19.5 Å². The Morgan fingerprint density at radius 2 is 2.32 bits per heavy atom. The average molecular weight is 334 g/mol. The molecule has 0 unspecified atom stereocenters. The number of fused-ring (bicyclic) bond motifs is 1. The molecule has 3 rings (SSSR count). The van der Waals surface area contributed by atoms with Crippen LogP contribution in [0.2, 0.25) is 0 Å². The molecule has 0 saturated heterocycles. The molecule has 0 radical (unpaired) electrons. The van der Waals surface area contributed by atoms with Crippen LogP contribution in [-0.4, -0.2) is 33.2 Å². The number of hydrogen-bond donors (Lipinski definition) is 1. The zero-order valence-electron chi connectivity index (χ0n) is 12.4. The molecular weight excluding hydrogens is 316 g/mol. The Morgan fingerprint density at radius 3 is 3.14 bits per heavy atom. The fraction of sp³-hybridized carbons (Fsp3) is 0.375. The fourth-order valence-electron chi connectivity index (χ4n) is 2.60. The Bertz CT molecular complexity index is 672. The van der Waals surface area contributed by atoms with E-state index < -0.39 is 6.10 Å². The number of hydrogen-bond acceptors (Lipinski definition) is 5. The summed E-state index contributed by atoms with van der Waals surface area (Å²) in [7, 11) is 0. The van der Waals surface area contributed by atoms with Crippen molar-refractivity contribution in [2.45, 2.75) is 30.3 Å². The van der Waals surface area contributed by atoms with E-state index in [1.807, 2.05) is 29.6 Å². The van der Waals surface area contributed by atoms with Crippen LogP contribution in [0.5, 0.6) is 0 Å². The summed E-state index contributed by atoms with van der Waals surface area (Å²) in [6.07, 6.45) is -0.300. The predicted molar refractivity (Wildman–Crippen MR) is 89.0 cm³/mol. The van der Waals surface area contributed by atoms with Crippen LogP contribution in [0.15, 0.2) is 34.0 Å². The molecular formula is C16H18N2O2S2. The number of rotatable bonds is 4. The third-order valence-corrected chi connectivity index (χ3v) is 5.60. The van der Waals surface area contributed by atoms with Gasteiger partial charge >= 0.3 is 0 Å². The lowest BCUT2D eigenvalue weighted by Crippen LogP contribution is -2.39. The molecule has 0 aliphatic carbocycles. The Kier molecular flexibility index (Phi) is 4.81. The molecule has 1 aromatic heterocycles. The maximum atomic E-state index is 12.5. The van der Waals surface area contributed by atoms with E-state index in [-0.39, 0.29) is 5.91 Å². The number of amides is 1. The van der Waals surface area contributed by atoms with E-state index in [2.05, 4.69) is 11.9 Å². The van der Waals surface area contributed by atoms with Gasteiger partial charge in [-0.15, -0.1) is 11.3 Å². The van der Waals surface area contributed by atoms with E-state index >= 15 is 0 Å². The first-order valence-electron chi connectivity index (χ1n) is 7.28. The van der Waals surface area contributed by atoms with Crippen molar-refractivity contribution >= 4 is 29.0 Å². The highest BCUT2D eigenvalue weighted by Crippen LogP contribution is 2.27. The number of β-amino-alcohol motifs (C(OH)–C–C–N with tert-alkyl or cyclic N) is 1. The molecule has 0 fully saturated rings. The van der Waals surface area contributed by atoms with E-state index in [0.717, 1.165) is 26.9 Å². The molecule has 0 spiro atoms. The largest absolute Gasteiger partial charge is 0.387 e. The van der Waals surface area contributed by atoms with Crippen LogP contribution in [0.3, 0.4) is 0 Å². The Labute approximate surface area is 138 Å². The number of thioether (sulfide) groups is 1. The molecule has 1 aliphatic heterocycles. The standard InChI is InChI=1S/C16H18N2O2S2/c1-2-21-16-17-12(10-22-16)7-15(20)18-8-11-5-3-4-6-13(11)14(19)9-18/h3-6,10,14,19H,2,7-9H2,1H3/t14-/m0/s1. The first kappa shape index (κ1) is 15.5. The first-order chi connectivity index (χ1) is 10.7. The minimum atomic E-state index is -0.601. The molecule has 4 nitrogen and oxygen atoms in total. The van der Waals surface area contributed by atoms with Crippen LogP contribution < -0.4 is 0 Å². The van der Waals surface area contributed by atoms with Crippen molar-refractivity contribution in [1.82, 2.24) is 9.88 Å². The van der Waals surface area contributed by atoms with Crippen molar-refractivity contribution < 1.29 is 9.90 Å². The topological polar surface area (TPSA) is 53.4 Å². The molecule has 22 heavy (non-hydrogen) atoms. The van der Waals surface area contributed by atoms with Crippen LogP contribution in [-0.2, 0) is 17.8 Å². The summed E-state index contributed by atoms with van der Waals surface area (Å²) >= 11 is 3.28. The second-order valence-electron chi connectivity index (χ2n) is 5.20. The van der Waals surface area contributed by atoms with E-state index in [9.17, 15) is 9.90 Å². The van der Waals surface area contributed by atoms with Gasteiger partial charge in [-0.1, -0.05) is 43.0 Å². The number of benzene rings is 1. The number of aromatic nitrogens is 1. The van der Waals surface area contributed by atoms with Gasteiger partial charge in [-0.25, -0.2) is 4.98 Å². The van der Waals surface area contributed by atoms with E-state index in [4.69, 9.17) is 0 Å². The van der Waals surface area contributed by atoms with Gasteiger partial charge in [0.2, 0.25) is 5.91 Å². The maximum Gasteiger partial charge on any atom is 0.229 e. The van der Waals surface area contributed by atoms with Crippen molar-refractivity contribution in [1.29, 1.82) is 0 Å². The van der Waals surface area contributed by atoms with E-state index in [1.165, 1.54) is 0 Å². The van der Waals surface area contributed by atoms with Gasteiger partial charge in [0.05, 0.1) is 24.8 Å². The number of carbonyl (C=O) groups excluding carboxylic acids is 1. The van der Waals surface area contributed by atoms with Gasteiger partial charge in [0.25, 0.3) is 0 Å². The first-order valence-corrected chi connectivity index (χ1v) is 9.14. The summed E-state index contributed by atoms with van der Waals surface area (Å²) in [6, 6.07) is 7.75. The van der Waals surface area contributed by atoms with Gasteiger partial charge in [-0.2, -0.15) is 0 Å². The average Bonchev–Trinajstić information content (AvgIpc) is 2.95. The summed E-state index contributed by atoms with van der Waals surface area (Å²) in [4.78, 5) is 18.7. The van der Waals surface area contributed by atoms with Crippen molar-refractivity contribution in [2.75, 3.05) is 12.3 Å². The molecule has 1 N–H and O–H groups in total. The number of thiazole rings is 1. The van der Waals surface area contributed by atoms with Crippen molar-refractivity contribution in [3.05, 3.63) is 46.5 Å². The summed E-state index contributed by atoms with van der Waals surface area (Å²) < 4.78 is 1.01. The molecule has 1 atom stereocenters. The number of nitrogens with zero attached hydrogens (tertiary/aromatic N) is 2. The summed E-state index contributed by atoms with van der Waals surface area (Å²) in [6.45, 7) is 3.01. The number of carbonyl (C=O) groups is 1. The third-order valence-electron chi connectivity index (χ3n) is 3.65. The molecule has 2 heterocycles. The van der Waals surface area contributed by atoms with Crippen LogP contribution in [0.1, 0.15) is 29.8 Å². The van der Waals surface area contributed by atoms with Gasteiger partial charge in [0, 0.05) is 11.9 Å². The van der Waals surface area contributed by atoms with Gasteiger partial charge in [-0.3, -0.25) is 4.79 Å². The van der Waals surface area contributed by atoms with E-state index in [1.54, 1.807) is 28.0 Å². The minimum absolute atomic E-state index is 0.0203. The van der Waals surface area contributed by atoms with Gasteiger partial charge in [-0.05, 0) is 16.9 Å². The molecule has 2 aromatic rings. The van der Waals surface area contributed by atoms with Crippen LogP contribution in [0.25, 0.3) is 0 Å². The molecule has 116 valence electrons. The quantitative estimate of drug-likeness (QED) is 0.874. The number of aliphatic hydroxyl groups is 1. The zero-order chi connectivity index (χ0) is 15.5. The monoisotopic (exact) mass is 334 g/mol. The van der Waals surface area contributed by atoms with Crippen LogP contribution >= 0.6 is 23.1 Å². The second-order valence-corrected chi connectivity index (χ2v) is 7.57. The minimum Gasteiger partial charge on any atom is -0.387 e. The summed E-state index contributed by atoms with van der Waals surface area (Å²) in [5.74, 6) is 1.00. The zero-order valence-corrected chi connectivity index (χ0v) is 14.0. The Morgan fingerprint density at radius 1 is 1.50 bits per heavy atom. The number of aliphatic hydroxyl groups excluding tert-OH is 1. The highest BCUT2D eigenvalue weighted by Gasteiger charge is 2.26. The smallest absolute Gasteiger partial charge is 0.229 e. The van der Waals surface area contributed by atoms with Crippen molar-refractivity contribution in [3.63, 3.8) is 0 Å². The highest BCUT2D eigenvalue weighted by molar-refractivity contribution is 8.00. The fourth-order valence-corrected chi connectivity index (χ4v) is 4.34. The summed E-state index contributed by atoms with van der Waals surface area (Å²) in [5.41, 5.74) is 2.77. The van der Waals surface area contributed by atoms with Crippen LogP contribution in [0, 0.1) is 0 Å². The maximum absolute atomic E-state index is 12.5. The molecule has 0 bridgehead atoms. The van der Waals surface area contributed by atoms with Gasteiger partial charge in [0.1, 0.15) is 4.34 Å². The Hall–Kier alpha value is -1.37. The summed E-state index contributed by atoms with van der Waals surface area (Å²) in [5, 5.41) is 12.2. The van der Waals surface area contributed by atoms with Gasteiger partial charge in [0.15, 0.2) is 0 Å². The molecule has 1 aromatic carbocycles. The molecule has 6 heteroatoms. The SMILES string of the molecule is CCSc1nc(CC(=O)N2Cc3ccccc3[C@@H](O)C2)cs1. The highest BCUT2D eigenvalue weighted by atomic mass is 32.2. The predicted octanol–water partition coefficient (Wildman–Crippen LogP) is 2.87. The van der Waals surface area contributed by atoms with Crippen molar-refractivity contribution in [2.24, 2.45) is 0 Å². The van der Waals surface area contributed by atoms with Crippen molar-refractivity contribution in [3.8, 4) is 0 Å². The lowest BCUT2D eigenvalue weighted by Gasteiger charge is -2.32. The molecule has 1 amide bonds. The van der Waals surface area contributed by atoms with Gasteiger partial charge < -0.3 is 10.0 Å². The molecule has 0 saturated carbocycles.